The number of aldehydes is 1. The summed E-state index contributed by atoms with van der Waals surface area (Å²) in [5, 5.41) is 0. The lowest BCUT2D eigenvalue weighted by Crippen LogP contribution is -1.90. The summed E-state index contributed by atoms with van der Waals surface area (Å²) in [4.78, 5) is 15.0. The van der Waals surface area contributed by atoms with Crippen LogP contribution in [-0.2, 0) is 6.42 Å². The Balaban J connectivity index is 3.43. The molecule has 1 aromatic carbocycles. The first-order valence-electron chi connectivity index (χ1n) is 4.49. The maximum absolute atomic E-state index is 10.8. The van der Waals surface area contributed by atoms with Crippen LogP contribution in [0.4, 0.5) is 5.69 Å². The van der Waals surface area contributed by atoms with E-state index in [-0.39, 0.29) is 0 Å². The summed E-state index contributed by atoms with van der Waals surface area (Å²) in [6.45, 7) is 3.89. The highest BCUT2D eigenvalue weighted by Gasteiger charge is 2.08. The van der Waals surface area contributed by atoms with Crippen molar-refractivity contribution in [2.24, 2.45) is 4.99 Å². The number of rotatable bonds is 3. The summed E-state index contributed by atoms with van der Waals surface area (Å²) in [7, 11) is 0. The van der Waals surface area contributed by atoms with Crippen LogP contribution in [0.3, 0.4) is 0 Å². The Morgan fingerprint density at radius 1 is 1.50 bits per heavy atom. The Kier molecular flexibility index (Phi) is 4.01. The third-order valence-electron chi connectivity index (χ3n) is 2.00. The van der Waals surface area contributed by atoms with Crippen LogP contribution in [0.1, 0.15) is 29.8 Å². The lowest BCUT2D eigenvalue weighted by molar-refractivity contribution is 0.112. The van der Waals surface area contributed by atoms with E-state index in [2.05, 4.69) is 20.9 Å². The summed E-state index contributed by atoms with van der Waals surface area (Å²) < 4.78 is 1.01. The fourth-order valence-corrected chi connectivity index (χ4v) is 1.94. The molecule has 0 N–H and O–H groups in total. The van der Waals surface area contributed by atoms with E-state index in [1.807, 2.05) is 19.9 Å². The number of halogens is 1. The number of carbonyl (C=O) groups excluding carboxylic acids is 1. The molecule has 74 valence electrons. The molecular weight excluding hydrogens is 242 g/mol. The zero-order valence-electron chi connectivity index (χ0n) is 8.25. The number of nitrogens with zero attached hydrogens (tertiary/aromatic N) is 1. The second-order valence-electron chi connectivity index (χ2n) is 2.82. The van der Waals surface area contributed by atoms with Gasteiger partial charge >= 0.3 is 0 Å². The fourth-order valence-electron chi connectivity index (χ4n) is 1.34. The van der Waals surface area contributed by atoms with Gasteiger partial charge in [-0.1, -0.05) is 22.9 Å². The average molecular weight is 254 g/mol. The van der Waals surface area contributed by atoms with Gasteiger partial charge in [0.25, 0.3) is 0 Å². The van der Waals surface area contributed by atoms with Crippen molar-refractivity contribution in [1.29, 1.82) is 0 Å². The van der Waals surface area contributed by atoms with Gasteiger partial charge in [0, 0.05) is 16.3 Å². The van der Waals surface area contributed by atoms with E-state index in [9.17, 15) is 4.79 Å². The Bertz CT molecular complexity index is 372. The van der Waals surface area contributed by atoms with Gasteiger partial charge in [-0.3, -0.25) is 9.79 Å². The molecule has 0 spiro atoms. The van der Waals surface area contributed by atoms with Crippen molar-refractivity contribution >= 4 is 34.1 Å². The van der Waals surface area contributed by atoms with Gasteiger partial charge in [-0.25, -0.2) is 0 Å². The van der Waals surface area contributed by atoms with Gasteiger partial charge in [0.05, 0.1) is 5.69 Å². The predicted octanol–water partition coefficient (Wildman–Crippen LogP) is 3.55. The van der Waals surface area contributed by atoms with Crippen LogP contribution in [0.15, 0.2) is 21.6 Å². The summed E-state index contributed by atoms with van der Waals surface area (Å²) in [6, 6.07) is 3.66. The lowest BCUT2D eigenvalue weighted by Gasteiger charge is -2.07. The molecule has 0 amide bonds. The van der Waals surface area contributed by atoms with Crippen LogP contribution < -0.4 is 0 Å². The number of benzene rings is 1. The van der Waals surface area contributed by atoms with Crippen LogP contribution in [0.2, 0.25) is 0 Å². The average Bonchev–Trinajstić information content (AvgIpc) is 2.19. The van der Waals surface area contributed by atoms with E-state index in [4.69, 9.17) is 0 Å². The lowest BCUT2D eigenvalue weighted by atomic mass is 10.1. The van der Waals surface area contributed by atoms with E-state index in [1.54, 1.807) is 12.3 Å². The van der Waals surface area contributed by atoms with E-state index >= 15 is 0 Å². The van der Waals surface area contributed by atoms with E-state index in [0.717, 1.165) is 28.4 Å². The highest BCUT2D eigenvalue weighted by molar-refractivity contribution is 9.10. The molecule has 0 saturated heterocycles. The van der Waals surface area contributed by atoms with Crippen molar-refractivity contribution in [3.05, 3.63) is 27.7 Å². The molecule has 0 aliphatic rings. The van der Waals surface area contributed by atoms with Crippen LogP contribution >= 0.6 is 15.9 Å². The molecule has 3 heteroatoms. The van der Waals surface area contributed by atoms with Gasteiger partial charge < -0.3 is 0 Å². The van der Waals surface area contributed by atoms with Crippen LogP contribution in [0.5, 0.6) is 0 Å². The third-order valence-corrected chi connectivity index (χ3v) is 2.74. The van der Waals surface area contributed by atoms with Gasteiger partial charge in [-0.2, -0.15) is 0 Å². The molecule has 0 heterocycles. The maximum Gasteiger partial charge on any atom is 0.152 e. The Morgan fingerprint density at radius 2 is 2.21 bits per heavy atom. The molecule has 0 fully saturated rings. The molecule has 1 rings (SSSR count). The molecular formula is C11H12BrNO. The first kappa shape index (κ1) is 11.1. The van der Waals surface area contributed by atoms with Gasteiger partial charge in [0.2, 0.25) is 0 Å². The van der Waals surface area contributed by atoms with Crippen molar-refractivity contribution in [1.82, 2.24) is 0 Å². The van der Waals surface area contributed by atoms with Gasteiger partial charge in [-0.15, -0.1) is 0 Å². The second kappa shape index (κ2) is 5.05. The molecule has 14 heavy (non-hydrogen) atoms. The molecule has 1 aromatic rings. The SMILES string of the molecule is CC=Nc1c(C=O)ccc(Br)c1CC. The standard InChI is InChI=1S/C11H12BrNO/c1-3-9-10(12)6-5-8(7-14)11(9)13-4-2/h4-7H,3H2,1-2H3. The van der Waals surface area contributed by atoms with Crippen molar-refractivity contribution in [3.8, 4) is 0 Å². The quantitative estimate of drug-likeness (QED) is 0.599. The highest BCUT2D eigenvalue weighted by atomic mass is 79.9. The predicted molar refractivity (Wildman–Crippen MR) is 62.7 cm³/mol. The molecule has 0 aliphatic heterocycles. The maximum atomic E-state index is 10.8. The van der Waals surface area contributed by atoms with Crippen LogP contribution in [-0.4, -0.2) is 12.5 Å². The minimum atomic E-state index is 0.642. The zero-order valence-corrected chi connectivity index (χ0v) is 9.84. The smallest absolute Gasteiger partial charge is 0.152 e. The Morgan fingerprint density at radius 3 is 2.71 bits per heavy atom. The highest BCUT2D eigenvalue weighted by Crippen LogP contribution is 2.30. The van der Waals surface area contributed by atoms with Crippen LogP contribution in [0.25, 0.3) is 0 Å². The van der Waals surface area contributed by atoms with Gasteiger partial charge in [0.15, 0.2) is 6.29 Å². The van der Waals surface area contributed by atoms with Crippen molar-refractivity contribution < 1.29 is 4.79 Å². The minimum Gasteiger partial charge on any atom is -0.298 e. The molecule has 2 nitrogen and oxygen atoms in total. The zero-order chi connectivity index (χ0) is 10.6. The second-order valence-corrected chi connectivity index (χ2v) is 3.68. The molecule has 0 saturated carbocycles. The largest absolute Gasteiger partial charge is 0.298 e. The molecule has 0 unspecified atom stereocenters. The fraction of sp³-hybridized carbons (Fsp3) is 0.273. The van der Waals surface area contributed by atoms with Crippen LogP contribution in [0, 0.1) is 0 Å². The Labute approximate surface area is 92.2 Å². The number of carbonyl (C=O) groups is 1. The minimum absolute atomic E-state index is 0.642. The first-order valence-corrected chi connectivity index (χ1v) is 5.29. The summed E-state index contributed by atoms with van der Waals surface area (Å²) in [6.07, 6.45) is 3.40. The summed E-state index contributed by atoms with van der Waals surface area (Å²) in [5.41, 5.74) is 2.50. The normalized spacial score (nSPS) is 10.8. The van der Waals surface area contributed by atoms with Gasteiger partial charge in [-0.05, 0) is 31.0 Å². The summed E-state index contributed by atoms with van der Waals surface area (Å²) >= 11 is 3.45. The van der Waals surface area contributed by atoms with E-state index in [1.165, 1.54) is 0 Å². The summed E-state index contributed by atoms with van der Waals surface area (Å²) in [5.74, 6) is 0. The molecule has 0 aliphatic carbocycles. The Hall–Kier alpha value is -0.960. The number of hydrogen-bond donors (Lipinski definition) is 0. The molecule has 0 bridgehead atoms. The van der Waals surface area contributed by atoms with E-state index in [0.29, 0.717) is 5.56 Å². The van der Waals surface area contributed by atoms with Crippen molar-refractivity contribution in [3.63, 3.8) is 0 Å². The first-order chi connectivity index (χ1) is 6.74. The topological polar surface area (TPSA) is 29.4 Å². The van der Waals surface area contributed by atoms with E-state index < -0.39 is 0 Å². The monoisotopic (exact) mass is 253 g/mol. The molecule has 0 atom stereocenters. The third kappa shape index (κ3) is 2.10. The molecule has 0 aromatic heterocycles. The van der Waals surface area contributed by atoms with Crippen molar-refractivity contribution in [2.45, 2.75) is 20.3 Å². The molecule has 0 radical (unpaired) electrons. The number of aliphatic imine (C=N–C) groups is 1. The number of hydrogen-bond acceptors (Lipinski definition) is 2. The van der Waals surface area contributed by atoms with Gasteiger partial charge in [0.1, 0.15) is 0 Å². The van der Waals surface area contributed by atoms with Crippen molar-refractivity contribution in [2.75, 3.05) is 0 Å².